The van der Waals surface area contributed by atoms with Gasteiger partial charge in [-0.25, -0.2) is 0 Å². The van der Waals surface area contributed by atoms with E-state index in [1.165, 1.54) is 0 Å². The standard InChI is InChI=1S/B4H2O7.2Na.H2O.2H/c5-1-7-3-9-2(6)10-4(8-1)11-3;;;;;/h5-6H;;;1H2;;/q;2*+1;;2*-1. The minimum Gasteiger partial charge on any atom is -1.00 e. The van der Waals surface area contributed by atoms with Crippen LogP contribution >= 0.6 is 0 Å². The summed E-state index contributed by atoms with van der Waals surface area (Å²) in [4.78, 5) is 0. The van der Waals surface area contributed by atoms with Gasteiger partial charge in [-0.3, -0.25) is 0 Å². The second kappa shape index (κ2) is 8.09. The second-order valence-corrected chi connectivity index (χ2v) is 1.87. The molecule has 0 atom stereocenters. The maximum Gasteiger partial charge on any atom is 1.00 e. The number of fused-ring (bicyclic) bond motifs is 2. The third-order valence-corrected chi connectivity index (χ3v) is 1.13. The Morgan fingerprint density at radius 2 is 1.00 bits per heavy atom. The Hall–Kier alpha value is 1.94. The molecule has 2 aliphatic heterocycles. The first-order valence-electron chi connectivity index (χ1n) is 2.87. The largest absolute Gasteiger partial charge is 1.00 e. The molecule has 2 rings (SSSR count). The number of rotatable bonds is 0. The van der Waals surface area contributed by atoms with Crippen molar-refractivity contribution in [3.8, 4) is 0 Å². The third-order valence-electron chi connectivity index (χ3n) is 1.13. The van der Waals surface area contributed by atoms with Crippen molar-refractivity contribution in [2.24, 2.45) is 0 Å². The van der Waals surface area contributed by atoms with Gasteiger partial charge in [0.1, 0.15) is 0 Å². The van der Waals surface area contributed by atoms with Crippen LogP contribution in [0, 0.1) is 0 Å². The summed E-state index contributed by atoms with van der Waals surface area (Å²) in [6.07, 6.45) is 0. The predicted molar refractivity (Wildman–Crippen MR) is 38.7 cm³/mol. The molecular formula is H6B4Na2O8. The molecule has 2 fully saturated rings. The fourth-order valence-electron chi connectivity index (χ4n) is 0.728. The summed E-state index contributed by atoms with van der Waals surface area (Å²) >= 11 is 0. The second-order valence-electron chi connectivity index (χ2n) is 1.87. The normalized spacial score (nSPS) is 19.3. The van der Waals surface area contributed by atoms with E-state index in [1.807, 2.05) is 0 Å². The molecule has 0 amide bonds. The molecule has 0 aromatic carbocycles. The van der Waals surface area contributed by atoms with E-state index >= 15 is 0 Å². The molecule has 0 saturated carbocycles. The zero-order valence-electron chi connectivity index (χ0n) is 9.75. The molecule has 2 saturated heterocycles. The van der Waals surface area contributed by atoms with Crippen LogP contribution in [0.1, 0.15) is 2.85 Å². The summed E-state index contributed by atoms with van der Waals surface area (Å²) in [6, 6.07) is 0. The van der Waals surface area contributed by atoms with E-state index in [0.29, 0.717) is 0 Å². The minimum absolute atomic E-state index is 0. The zero-order valence-corrected chi connectivity index (χ0v) is 11.7. The van der Waals surface area contributed by atoms with E-state index in [-0.39, 0.29) is 67.4 Å². The molecule has 14 heavy (non-hydrogen) atoms. The van der Waals surface area contributed by atoms with Gasteiger partial charge in [-0.15, -0.1) is 0 Å². The van der Waals surface area contributed by atoms with Crippen molar-refractivity contribution < 1.29 is 100 Å². The SMILES string of the molecule is O.OB1OB2OB(O)OB(O1)O2.[H-].[H-].[Na+].[Na+]. The van der Waals surface area contributed by atoms with Gasteiger partial charge in [0, 0.05) is 0 Å². The molecule has 68 valence electrons. The van der Waals surface area contributed by atoms with Gasteiger partial charge >= 0.3 is 88.4 Å². The molecule has 14 heteroatoms. The Balaban J connectivity index is -0.000000144. The van der Waals surface area contributed by atoms with E-state index in [1.54, 1.807) is 0 Å². The topological polar surface area (TPSA) is 118 Å². The Morgan fingerprint density at radius 3 is 1.29 bits per heavy atom. The van der Waals surface area contributed by atoms with E-state index in [0.717, 1.165) is 0 Å². The molecule has 0 aromatic heterocycles. The monoisotopic (exact) mass is 224 g/mol. The van der Waals surface area contributed by atoms with Crippen molar-refractivity contribution in [3.05, 3.63) is 0 Å². The smallest absolute Gasteiger partial charge is 1.00 e. The van der Waals surface area contributed by atoms with Crippen molar-refractivity contribution in [2.75, 3.05) is 0 Å². The Kier molecular flexibility index (Phi) is 10.6. The number of hydrogen-bond acceptors (Lipinski definition) is 7. The van der Waals surface area contributed by atoms with Crippen LogP contribution in [0.5, 0.6) is 0 Å². The first-order valence-corrected chi connectivity index (χ1v) is 2.87. The average molecular weight is 223 g/mol. The van der Waals surface area contributed by atoms with Crippen LogP contribution in [-0.2, 0) is 22.9 Å². The Morgan fingerprint density at radius 1 is 0.714 bits per heavy atom. The Labute approximate surface area is 129 Å². The van der Waals surface area contributed by atoms with Crippen LogP contribution in [0.3, 0.4) is 0 Å². The molecular weight excluding hydrogens is 217 g/mol. The van der Waals surface area contributed by atoms with Gasteiger partial charge in [0.25, 0.3) is 0 Å². The summed E-state index contributed by atoms with van der Waals surface area (Å²) < 4.78 is 22.6. The van der Waals surface area contributed by atoms with E-state index in [9.17, 15) is 0 Å². The molecule has 2 aliphatic rings. The van der Waals surface area contributed by atoms with Crippen LogP contribution in [-0.4, -0.2) is 44.8 Å². The third kappa shape index (κ3) is 4.85. The first-order chi connectivity index (χ1) is 5.24. The van der Waals surface area contributed by atoms with Gasteiger partial charge in [-0.05, 0) is 0 Å². The van der Waals surface area contributed by atoms with Gasteiger partial charge in [0.2, 0.25) is 0 Å². The van der Waals surface area contributed by atoms with Crippen LogP contribution in [0.4, 0.5) is 0 Å². The summed E-state index contributed by atoms with van der Waals surface area (Å²) in [6.45, 7) is 0. The molecule has 8 nitrogen and oxygen atoms in total. The van der Waals surface area contributed by atoms with Crippen molar-refractivity contribution >= 4 is 29.3 Å². The fourth-order valence-corrected chi connectivity index (χ4v) is 0.728. The number of hydrogen-bond donors (Lipinski definition) is 2. The van der Waals surface area contributed by atoms with Gasteiger partial charge in [0.05, 0.1) is 0 Å². The Bertz CT molecular complexity index is 133. The molecule has 0 aromatic rings. The van der Waals surface area contributed by atoms with E-state index in [4.69, 9.17) is 10.0 Å². The molecule has 0 spiro atoms. The molecule has 4 N–H and O–H groups in total. The van der Waals surface area contributed by atoms with Crippen LogP contribution < -0.4 is 59.1 Å². The van der Waals surface area contributed by atoms with Gasteiger partial charge in [-0.1, -0.05) is 0 Å². The fraction of sp³-hybridized carbons (Fsp3) is 0. The average Bonchev–Trinajstić information content (AvgIpc) is 1.82. The maximum atomic E-state index is 8.74. The van der Waals surface area contributed by atoms with Gasteiger partial charge in [-0.2, -0.15) is 0 Å². The van der Waals surface area contributed by atoms with Gasteiger partial charge < -0.3 is 41.2 Å². The maximum absolute atomic E-state index is 8.74. The summed E-state index contributed by atoms with van der Waals surface area (Å²) in [5.41, 5.74) is 0. The molecule has 2 bridgehead atoms. The van der Waals surface area contributed by atoms with Crippen LogP contribution in [0.2, 0.25) is 0 Å². The quantitative estimate of drug-likeness (QED) is 0.391. The van der Waals surface area contributed by atoms with Crippen molar-refractivity contribution in [3.63, 3.8) is 0 Å². The van der Waals surface area contributed by atoms with E-state index < -0.39 is 29.3 Å². The van der Waals surface area contributed by atoms with Crippen LogP contribution in [0.25, 0.3) is 0 Å². The molecule has 2 heterocycles. The molecule has 0 unspecified atom stereocenters. The molecule has 0 radical (unpaired) electrons. The van der Waals surface area contributed by atoms with Crippen LogP contribution in [0.15, 0.2) is 0 Å². The van der Waals surface area contributed by atoms with Gasteiger partial charge in [0.15, 0.2) is 0 Å². The summed E-state index contributed by atoms with van der Waals surface area (Å²) in [5, 5.41) is 17.5. The zero-order chi connectivity index (χ0) is 7.84. The first kappa shape index (κ1) is 18.3. The predicted octanol–water partition coefficient (Wildman–Crippen LogP) is -9.57. The molecule has 0 aliphatic carbocycles. The van der Waals surface area contributed by atoms with E-state index in [2.05, 4.69) is 22.9 Å². The van der Waals surface area contributed by atoms with Crippen molar-refractivity contribution in [1.82, 2.24) is 0 Å². The minimum atomic E-state index is -1.45. The summed E-state index contributed by atoms with van der Waals surface area (Å²) in [7, 11) is -5.20. The van der Waals surface area contributed by atoms with Crippen molar-refractivity contribution in [2.45, 2.75) is 0 Å². The summed E-state index contributed by atoms with van der Waals surface area (Å²) in [5.74, 6) is 0. The van der Waals surface area contributed by atoms with Crippen molar-refractivity contribution in [1.29, 1.82) is 0 Å².